The van der Waals surface area contributed by atoms with Gasteiger partial charge in [0.25, 0.3) is 0 Å². The summed E-state index contributed by atoms with van der Waals surface area (Å²) in [6.07, 6.45) is 3.64. The Morgan fingerprint density at radius 2 is 1.75 bits per heavy atom. The molecule has 2 aromatic carbocycles. The Morgan fingerprint density at radius 1 is 0.917 bits per heavy atom. The van der Waals surface area contributed by atoms with E-state index in [2.05, 4.69) is 21.3 Å². The van der Waals surface area contributed by atoms with Gasteiger partial charge in [-0.05, 0) is 49.6 Å². The van der Waals surface area contributed by atoms with Crippen LogP contribution in [-0.2, 0) is 0 Å². The van der Waals surface area contributed by atoms with Gasteiger partial charge in [0, 0.05) is 24.2 Å². The fraction of sp³-hybridized carbons (Fsp3) is 0.263. The highest BCUT2D eigenvalue weighted by molar-refractivity contribution is 5.90. The zero-order chi connectivity index (χ0) is 16.4. The van der Waals surface area contributed by atoms with Crippen LogP contribution in [0.25, 0.3) is 10.9 Å². The third-order valence-corrected chi connectivity index (χ3v) is 4.32. The van der Waals surface area contributed by atoms with Crippen LogP contribution in [0.1, 0.15) is 19.3 Å². The Hall–Kier alpha value is -2.69. The van der Waals surface area contributed by atoms with Crippen molar-refractivity contribution in [3.8, 4) is 0 Å². The van der Waals surface area contributed by atoms with Crippen LogP contribution in [0.2, 0.25) is 0 Å². The molecule has 0 radical (unpaired) electrons. The Kier molecular flexibility index (Phi) is 3.99. The minimum Gasteiger partial charge on any atom is -0.356 e. The molecule has 1 saturated heterocycles. The number of para-hydroxylation sites is 1. The first-order chi connectivity index (χ1) is 11.8. The van der Waals surface area contributed by atoms with Crippen molar-refractivity contribution in [2.75, 3.05) is 23.3 Å². The van der Waals surface area contributed by atoms with Crippen molar-refractivity contribution >= 4 is 28.4 Å². The van der Waals surface area contributed by atoms with Crippen LogP contribution in [-0.4, -0.2) is 23.1 Å². The molecule has 0 aliphatic carbocycles. The molecule has 0 amide bonds. The summed E-state index contributed by atoms with van der Waals surface area (Å²) < 4.78 is 13.4. The maximum Gasteiger partial charge on any atom is 0.229 e. The molecule has 0 atom stereocenters. The lowest BCUT2D eigenvalue weighted by molar-refractivity contribution is 0.575. The highest BCUT2D eigenvalue weighted by Crippen LogP contribution is 2.28. The number of rotatable bonds is 3. The quantitative estimate of drug-likeness (QED) is 0.770. The van der Waals surface area contributed by atoms with E-state index in [0.29, 0.717) is 11.6 Å². The third kappa shape index (κ3) is 3.02. The van der Waals surface area contributed by atoms with Crippen LogP contribution < -0.4 is 10.2 Å². The van der Waals surface area contributed by atoms with Gasteiger partial charge in [0.2, 0.25) is 5.95 Å². The molecule has 1 aliphatic rings. The van der Waals surface area contributed by atoms with Crippen LogP contribution in [0, 0.1) is 5.82 Å². The number of aromatic nitrogens is 2. The SMILES string of the molecule is Fc1cccc(Nc2nc(N3CCCCC3)c3ccccc3n2)c1. The smallest absolute Gasteiger partial charge is 0.229 e. The van der Waals surface area contributed by atoms with Crippen molar-refractivity contribution in [1.82, 2.24) is 9.97 Å². The Morgan fingerprint density at radius 3 is 2.58 bits per heavy atom. The second kappa shape index (κ2) is 6.43. The number of anilines is 3. The molecule has 1 aliphatic heterocycles. The number of fused-ring (bicyclic) bond motifs is 1. The Balaban J connectivity index is 1.76. The van der Waals surface area contributed by atoms with Crippen LogP contribution in [0.15, 0.2) is 48.5 Å². The molecule has 0 saturated carbocycles. The molecule has 2 heterocycles. The van der Waals surface area contributed by atoms with Crippen molar-refractivity contribution in [3.05, 3.63) is 54.3 Å². The zero-order valence-corrected chi connectivity index (χ0v) is 13.4. The molecule has 1 N–H and O–H groups in total. The van der Waals surface area contributed by atoms with Gasteiger partial charge in [-0.25, -0.2) is 9.37 Å². The fourth-order valence-corrected chi connectivity index (χ4v) is 3.16. The van der Waals surface area contributed by atoms with Gasteiger partial charge in [-0.2, -0.15) is 4.98 Å². The number of benzene rings is 2. The molecular formula is C19H19FN4. The number of nitrogens with zero attached hydrogens (tertiary/aromatic N) is 3. The predicted octanol–water partition coefficient (Wildman–Crippen LogP) is 4.50. The van der Waals surface area contributed by atoms with Crippen LogP contribution >= 0.6 is 0 Å². The molecule has 122 valence electrons. The summed E-state index contributed by atoms with van der Waals surface area (Å²) in [6.45, 7) is 2.03. The van der Waals surface area contributed by atoms with Crippen molar-refractivity contribution in [1.29, 1.82) is 0 Å². The zero-order valence-electron chi connectivity index (χ0n) is 13.4. The minimum absolute atomic E-state index is 0.281. The van der Waals surface area contributed by atoms with E-state index in [1.165, 1.54) is 31.4 Å². The summed E-state index contributed by atoms with van der Waals surface area (Å²) in [5.41, 5.74) is 1.54. The third-order valence-electron chi connectivity index (χ3n) is 4.32. The molecule has 1 fully saturated rings. The molecule has 0 spiro atoms. The molecule has 4 rings (SSSR count). The summed E-state index contributed by atoms with van der Waals surface area (Å²) in [5, 5.41) is 4.19. The Labute approximate surface area is 140 Å². The highest BCUT2D eigenvalue weighted by atomic mass is 19.1. The van der Waals surface area contributed by atoms with Crippen LogP contribution in [0.3, 0.4) is 0 Å². The van der Waals surface area contributed by atoms with Gasteiger partial charge in [0.05, 0.1) is 5.52 Å². The summed E-state index contributed by atoms with van der Waals surface area (Å²) in [6, 6.07) is 14.4. The molecule has 5 heteroatoms. The van der Waals surface area contributed by atoms with Gasteiger partial charge in [-0.15, -0.1) is 0 Å². The lowest BCUT2D eigenvalue weighted by Gasteiger charge is -2.28. The Bertz CT molecular complexity index is 859. The standard InChI is InChI=1S/C19H19FN4/c20-14-7-6-8-15(13-14)21-19-22-17-10-3-2-9-16(17)18(23-19)24-11-4-1-5-12-24/h2-3,6-10,13H,1,4-5,11-12H2,(H,21,22,23). The largest absolute Gasteiger partial charge is 0.356 e. The summed E-state index contributed by atoms with van der Waals surface area (Å²) in [7, 11) is 0. The maximum absolute atomic E-state index is 13.4. The van der Waals surface area contributed by atoms with E-state index in [4.69, 9.17) is 4.98 Å². The average Bonchev–Trinajstić information content (AvgIpc) is 2.62. The maximum atomic E-state index is 13.4. The van der Waals surface area contributed by atoms with Gasteiger partial charge < -0.3 is 10.2 Å². The van der Waals surface area contributed by atoms with E-state index >= 15 is 0 Å². The lowest BCUT2D eigenvalue weighted by Crippen LogP contribution is -2.30. The van der Waals surface area contributed by atoms with Crippen molar-refractivity contribution < 1.29 is 4.39 Å². The van der Waals surface area contributed by atoms with Crippen LogP contribution in [0.4, 0.5) is 21.8 Å². The van der Waals surface area contributed by atoms with Gasteiger partial charge >= 0.3 is 0 Å². The molecular weight excluding hydrogens is 303 g/mol. The topological polar surface area (TPSA) is 41.1 Å². The van der Waals surface area contributed by atoms with E-state index in [-0.39, 0.29) is 5.82 Å². The van der Waals surface area contributed by atoms with E-state index < -0.39 is 0 Å². The predicted molar refractivity (Wildman–Crippen MR) is 95.3 cm³/mol. The first-order valence-electron chi connectivity index (χ1n) is 8.34. The fourth-order valence-electron chi connectivity index (χ4n) is 3.16. The van der Waals surface area contributed by atoms with Gasteiger partial charge in [-0.1, -0.05) is 18.2 Å². The first kappa shape index (κ1) is 14.9. The van der Waals surface area contributed by atoms with Gasteiger partial charge in [0.1, 0.15) is 11.6 Å². The van der Waals surface area contributed by atoms with Crippen LogP contribution in [0.5, 0.6) is 0 Å². The molecule has 24 heavy (non-hydrogen) atoms. The average molecular weight is 322 g/mol. The monoisotopic (exact) mass is 322 g/mol. The molecule has 1 aromatic heterocycles. The number of nitrogens with one attached hydrogen (secondary N) is 1. The minimum atomic E-state index is -0.281. The van der Waals surface area contributed by atoms with E-state index in [0.717, 1.165) is 29.8 Å². The van der Waals surface area contributed by atoms with E-state index in [1.54, 1.807) is 6.07 Å². The second-order valence-corrected chi connectivity index (χ2v) is 6.07. The summed E-state index contributed by atoms with van der Waals surface area (Å²) in [5.74, 6) is 1.18. The first-order valence-corrected chi connectivity index (χ1v) is 8.34. The molecule has 3 aromatic rings. The normalized spacial score (nSPS) is 14.8. The number of hydrogen-bond donors (Lipinski definition) is 1. The second-order valence-electron chi connectivity index (χ2n) is 6.07. The van der Waals surface area contributed by atoms with Crippen molar-refractivity contribution in [2.45, 2.75) is 19.3 Å². The molecule has 0 unspecified atom stereocenters. The molecule has 4 nitrogen and oxygen atoms in total. The van der Waals surface area contributed by atoms with Gasteiger partial charge in [0.15, 0.2) is 0 Å². The number of halogens is 1. The van der Waals surface area contributed by atoms with Crippen molar-refractivity contribution in [2.24, 2.45) is 0 Å². The van der Waals surface area contributed by atoms with E-state index in [1.807, 2.05) is 24.3 Å². The van der Waals surface area contributed by atoms with Gasteiger partial charge in [-0.3, -0.25) is 0 Å². The number of hydrogen-bond acceptors (Lipinski definition) is 4. The van der Waals surface area contributed by atoms with E-state index in [9.17, 15) is 4.39 Å². The summed E-state index contributed by atoms with van der Waals surface area (Å²) in [4.78, 5) is 11.6. The van der Waals surface area contributed by atoms with Crippen molar-refractivity contribution in [3.63, 3.8) is 0 Å². The molecule has 0 bridgehead atoms. The highest BCUT2D eigenvalue weighted by Gasteiger charge is 2.17. The lowest BCUT2D eigenvalue weighted by atomic mass is 10.1. The summed E-state index contributed by atoms with van der Waals surface area (Å²) >= 11 is 0. The number of piperidine rings is 1.